The summed E-state index contributed by atoms with van der Waals surface area (Å²) in [6, 6.07) is 4.02. The average molecular weight is 295 g/mol. The molecule has 0 aliphatic heterocycles. The minimum Gasteiger partial charge on any atom is -0.353 e. The first kappa shape index (κ1) is 14.2. The number of thioether (sulfide) groups is 1. The van der Waals surface area contributed by atoms with Crippen LogP contribution >= 0.6 is 23.1 Å². The zero-order chi connectivity index (χ0) is 13.5. The summed E-state index contributed by atoms with van der Waals surface area (Å²) in [5.74, 6) is 0.988. The highest BCUT2D eigenvalue weighted by Gasteiger charge is 2.05. The van der Waals surface area contributed by atoms with Crippen molar-refractivity contribution in [2.24, 2.45) is 0 Å². The Bertz CT molecular complexity index is 486. The van der Waals surface area contributed by atoms with E-state index in [1.807, 2.05) is 31.3 Å². The van der Waals surface area contributed by atoms with Gasteiger partial charge in [-0.3, -0.25) is 4.98 Å². The van der Waals surface area contributed by atoms with Gasteiger partial charge in [0.1, 0.15) is 0 Å². The van der Waals surface area contributed by atoms with Crippen molar-refractivity contribution in [2.75, 3.05) is 31.3 Å². The third kappa shape index (κ3) is 4.77. The Kier molecular flexibility index (Phi) is 5.56. The van der Waals surface area contributed by atoms with Crippen molar-refractivity contribution in [3.05, 3.63) is 30.1 Å². The molecule has 2 heterocycles. The Labute approximate surface area is 121 Å². The summed E-state index contributed by atoms with van der Waals surface area (Å²) in [6.45, 7) is 1.80. The molecule has 0 spiro atoms. The van der Waals surface area contributed by atoms with Crippen molar-refractivity contribution in [3.8, 4) is 0 Å². The lowest BCUT2D eigenvalue weighted by atomic mass is 10.3. The van der Waals surface area contributed by atoms with E-state index < -0.39 is 0 Å². The Hall–Kier alpha value is -1.18. The highest BCUT2D eigenvalue weighted by atomic mass is 32.2. The number of hydrogen-bond donors (Lipinski definition) is 1. The van der Waals surface area contributed by atoms with Crippen LogP contribution in [0, 0.1) is 0 Å². The van der Waals surface area contributed by atoms with E-state index in [9.17, 15) is 0 Å². The van der Waals surface area contributed by atoms with Gasteiger partial charge in [0.2, 0.25) is 5.13 Å². The molecule has 0 aromatic carbocycles. The number of aromatic nitrogens is 3. The molecule has 2 rings (SSSR count). The topological polar surface area (TPSA) is 53.9 Å². The Balaban J connectivity index is 1.64. The maximum Gasteiger partial charge on any atom is 0.208 e. The second kappa shape index (κ2) is 7.42. The molecule has 0 saturated heterocycles. The van der Waals surface area contributed by atoms with E-state index in [2.05, 4.69) is 26.6 Å². The summed E-state index contributed by atoms with van der Waals surface area (Å²) in [6.07, 6.45) is 3.67. The average Bonchev–Trinajstić information content (AvgIpc) is 2.89. The van der Waals surface area contributed by atoms with E-state index in [1.54, 1.807) is 29.3 Å². The quantitative estimate of drug-likeness (QED) is 0.622. The van der Waals surface area contributed by atoms with Crippen LogP contribution in [0.3, 0.4) is 0 Å². The van der Waals surface area contributed by atoms with Gasteiger partial charge in [0, 0.05) is 45.3 Å². The molecule has 0 unspecified atom stereocenters. The van der Waals surface area contributed by atoms with Gasteiger partial charge in [-0.2, -0.15) is 0 Å². The summed E-state index contributed by atoms with van der Waals surface area (Å²) >= 11 is 3.36. The van der Waals surface area contributed by atoms with Crippen molar-refractivity contribution < 1.29 is 0 Å². The van der Waals surface area contributed by atoms with Crippen LogP contribution in [-0.2, 0) is 6.54 Å². The smallest absolute Gasteiger partial charge is 0.208 e. The molecule has 0 bridgehead atoms. The molecule has 0 aliphatic carbocycles. The molecule has 5 nitrogen and oxygen atoms in total. The van der Waals surface area contributed by atoms with Gasteiger partial charge in [-0.1, -0.05) is 29.2 Å². The van der Waals surface area contributed by atoms with Gasteiger partial charge in [0.25, 0.3) is 0 Å². The van der Waals surface area contributed by atoms with Crippen molar-refractivity contribution >= 4 is 28.2 Å². The summed E-state index contributed by atoms with van der Waals surface area (Å²) in [5, 5.41) is 12.6. The van der Waals surface area contributed by atoms with Crippen LogP contribution in [0.4, 0.5) is 5.13 Å². The predicted octanol–water partition coefficient (Wildman–Crippen LogP) is 1.88. The second-order valence-electron chi connectivity index (χ2n) is 4.13. The normalized spacial score (nSPS) is 10.6. The molecule has 0 aliphatic rings. The first-order valence-electron chi connectivity index (χ1n) is 5.99. The Morgan fingerprint density at radius 3 is 2.95 bits per heavy atom. The summed E-state index contributed by atoms with van der Waals surface area (Å²) < 4.78 is 1.02. The highest BCUT2D eigenvalue weighted by molar-refractivity contribution is 8.01. The van der Waals surface area contributed by atoms with Gasteiger partial charge in [-0.25, -0.2) is 0 Å². The van der Waals surface area contributed by atoms with Crippen LogP contribution in [-0.4, -0.2) is 41.6 Å². The molecule has 102 valence electrons. The number of hydrogen-bond acceptors (Lipinski definition) is 7. The van der Waals surface area contributed by atoms with Gasteiger partial charge in [-0.15, -0.1) is 10.2 Å². The lowest BCUT2D eigenvalue weighted by Gasteiger charge is -2.04. The minimum atomic E-state index is 0.855. The lowest BCUT2D eigenvalue weighted by molar-refractivity contribution is 0.729. The monoisotopic (exact) mass is 295 g/mol. The van der Waals surface area contributed by atoms with Crippen LogP contribution in [0.2, 0.25) is 0 Å². The predicted molar refractivity (Wildman–Crippen MR) is 80.9 cm³/mol. The number of anilines is 1. The summed E-state index contributed by atoms with van der Waals surface area (Å²) in [4.78, 5) is 6.06. The fraction of sp³-hybridized carbons (Fsp3) is 0.417. The van der Waals surface area contributed by atoms with Crippen LogP contribution in [0.1, 0.15) is 5.56 Å². The fourth-order valence-corrected chi connectivity index (χ4v) is 3.12. The van der Waals surface area contributed by atoms with E-state index in [0.29, 0.717) is 0 Å². The van der Waals surface area contributed by atoms with E-state index in [-0.39, 0.29) is 0 Å². The summed E-state index contributed by atoms with van der Waals surface area (Å²) in [7, 11) is 3.95. The molecule has 2 aromatic rings. The van der Waals surface area contributed by atoms with Gasteiger partial charge in [0.05, 0.1) is 0 Å². The molecule has 7 heteroatoms. The third-order valence-electron chi connectivity index (χ3n) is 2.33. The molecule has 2 aromatic heterocycles. The van der Waals surface area contributed by atoms with Gasteiger partial charge >= 0.3 is 0 Å². The molecule has 1 N–H and O–H groups in total. The van der Waals surface area contributed by atoms with Crippen molar-refractivity contribution in [2.45, 2.75) is 10.9 Å². The zero-order valence-electron chi connectivity index (χ0n) is 11.0. The van der Waals surface area contributed by atoms with E-state index in [4.69, 9.17) is 0 Å². The van der Waals surface area contributed by atoms with Gasteiger partial charge < -0.3 is 10.2 Å². The first-order valence-corrected chi connectivity index (χ1v) is 7.79. The first-order chi connectivity index (χ1) is 9.25. The molecule has 0 radical (unpaired) electrons. The Morgan fingerprint density at radius 1 is 1.37 bits per heavy atom. The fourth-order valence-electron chi connectivity index (χ4n) is 1.39. The standard InChI is InChI=1S/C12H17N5S2/c1-17(2)11-15-16-12(19-11)18-7-6-14-9-10-4-3-5-13-8-10/h3-5,8,14H,6-7,9H2,1-2H3. The molecular formula is C12H17N5S2. The number of pyridine rings is 1. The Morgan fingerprint density at radius 2 is 2.26 bits per heavy atom. The van der Waals surface area contributed by atoms with Crippen molar-refractivity contribution in [1.82, 2.24) is 20.5 Å². The van der Waals surface area contributed by atoms with Crippen LogP contribution < -0.4 is 10.2 Å². The largest absolute Gasteiger partial charge is 0.353 e. The molecular weight excluding hydrogens is 278 g/mol. The van der Waals surface area contributed by atoms with Crippen molar-refractivity contribution in [1.29, 1.82) is 0 Å². The van der Waals surface area contributed by atoms with E-state index in [1.165, 1.54) is 5.56 Å². The maximum atomic E-state index is 4.15. The van der Waals surface area contributed by atoms with Gasteiger partial charge in [0.15, 0.2) is 4.34 Å². The van der Waals surface area contributed by atoms with Crippen molar-refractivity contribution in [3.63, 3.8) is 0 Å². The number of rotatable bonds is 7. The molecule has 0 amide bonds. The summed E-state index contributed by atoms with van der Waals surface area (Å²) in [5.41, 5.74) is 1.21. The van der Waals surface area contributed by atoms with Gasteiger partial charge in [-0.05, 0) is 11.6 Å². The molecule has 0 fully saturated rings. The lowest BCUT2D eigenvalue weighted by Crippen LogP contribution is -2.16. The van der Waals surface area contributed by atoms with E-state index >= 15 is 0 Å². The van der Waals surface area contributed by atoms with Crippen LogP contribution in [0.5, 0.6) is 0 Å². The van der Waals surface area contributed by atoms with Crippen LogP contribution in [0.15, 0.2) is 28.9 Å². The van der Waals surface area contributed by atoms with Crippen LogP contribution in [0.25, 0.3) is 0 Å². The molecule has 19 heavy (non-hydrogen) atoms. The SMILES string of the molecule is CN(C)c1nnc(SCCNCc2cccnc2)s1. The maximum absolute atomic E-state index is 4.15. The molecule has 0 atom stereocenters. The zero-order valence-corrected chi connectivity index (χ0v) is 12.7. The number of nitrogens with zero attached hydrogens (tertiary/aromatic N) is 4. The third-order valence-corrected chi connectivity index (χ3v) is 4.56. The number of nitrogens with one attached hydrogen (secondary N) is 1. The highest BCUT2D eigenvalue weighted by Crippen LogP contribution is 2.26. The van der Waals surface area contributed by atoms with E-state index in [0.717, 1.165) is 28.3 Å². The minimum absolute atomic E-state index is 0.855. The molecule has 0 saturated carbocycles. The second-order valence-corrected chi connectivity index (χ2v) is 6.43.